The third kappa shape index (κ3) is 2.41. The van der Waals surface area contributed by atoms with Crippen LogP contribution in [0.25, 0.3) is 0 Å². The minimum atomic E-state index is -0.456. The highest BCUT2D eigenvalue weighted by molar-refractivity contribution is 5.97. The largest absolute Gasteiger partial charge is 0.494 e. The number of para-hydroxylation sites is 1. The van der Waals surface area contributed by atoms with Crippen LogP contribution in [-0.2, 0) is 0 Å². The second-order valence-electron chi connectivity index (χ2n) is 4.51. The van der Waals surface area contributed by atoms with Gasteiger partial charge in [0, 0.05) is 26.2 Å². The molecule has 2 N–H and O–H groups in total. The van der Waals surface area contributed by atoms with Crippen molar-refractivity contribution in [3.8, 4) is 5.75 Å². The molecule has 0 radical (unpaired) electrons. The van der Waals surface area contributed by atoms with E-state index in [2.05, 4.69) is 16.8 Å². The summed E-state index contributed by atoms with van der Waals surface area (Å²) in [5.41, 5.74) is 6.75. The SMILES string of the molecule is COc1c(C(N)=O)cccc1N1CCN(C)CC1. The third-order valence-corrected chi connectivity index (χ3v) is 3.31. The number of carbonyl (C=O) groups is 1. The first-order chi connectivity index (χ1) is 8.63. The van der Waals surface area contributed by atoms with Crippen LogP contribution in [0, 0.1) is 0 Å². The maximum absolute atomic E-state index is 11.4. The summed E-state index contributed by atoms with van der Waals surface area (Å²) in [5, 5.41) is 0. The zero-order valence-electron chi connectivity index (χ0n) is 10.8. The molecular formula is C13H19N3O2. The van der Waals surface area contributed by atoms with Crippen molar-refractivity contribution in [3.63, 3.8) is 0 Å². The number of piperazine rings is 1. The molecule has 0 aliphatic carbocycles. The number of carbonyl (C=O) groups excluding carboxylic acids is 1. The van der Waals surface area contributed by atoms with E-state index in [1.54, 1.807) is 13.2 Å². The number of rotatable bonds is 3. The van der Waals surface area contributed by atoms with Gasteiger partial charge in [-0.3, -0.25) is 4.79 Å². The fourth-order valence-electron chi connectivity index (χ4n) is 2.23. The van der Waals surface area contributed by atoms with Crippen LogP contribution in [0.2, 0.25) is 0 Å². The number of nitrogens with two attached hydrogens (primary N) is 1. The fraction of sp³-hybridized carbons (Fsp3) is 0.462. The number of primary amides is 1. The molecule has 5 nitrogen and oxygen atoms in total. The van der Waals surface area contributed by atoms with E-state index in [0.717, 1.165) is 31.9 Å². The number of amides is 1. The number of methoxy groups -OCH3 is 1. The van der Waals surface area contributed by atoms with Crippen LogP contribution < -0.4 is 15.4 Å². The predicted molar refractivity (Wildman–Crippen MR) is 71.2 cm³/mol. The number of nitrogens with zero attached hydrogens (tertiary/aromatic N) is 2. The van der Waals surface area contributed by atoms with Gasteiger partial charge in [-0.15, -0.1) is 0 Å². The first-order valence-electron chi connectivity index (χ1n) is 6.03. The molecular weight excluding hydrogens is 230 g/mol. The van der Waals surface area contributed by atoms with E-state index in [1.165, 1.54) is 0 Å². The maximum Gasteiger partial charge on any atom is 0.252 e. The monoisotopic (exact) mass is 249 g/mol. The van der Waals surface area contributed by atoms with Crippen molar-refractivity contribution in [2.45, 2.75) is 0 Å². The molecule has 1 aliphatic rings. The van der Waals surface area contributed by atoms with Crippen LogP contribution >= 0.6 is 0 Å². The number of hydrogen-bond acceptors (Lipinski definition) is 4. The number of likely N-dealkylation sites (N-methyl/N-ethyl adjacent to an activating group) is 1. The van der Waals surface area contributed by atoms with Crippen molar-refractivity contribution in [3.05, 3.63) is 23.8 Å². The lowest BCUT2D eigenvalue weighted by atomic mass is 10.1. The zero-order chi connectivity index (χ0) is 13.1. The predicted octanol–water partition coefficient (Wildman–Crippen LogP) is 0.546. The Morgan fingerprint density at radius 3 is 2.50 bits per heavy atom. The molecule has 5 heteroatoms. The molecule has 0 spiro atoms. The van der Waals surface area contributed by atoms with E-state index in [1.807, 2.05) is 12.1 Å². The first kappa shape index (κ1) is 12.7. The molecule has 18 heavy (non-hydrogen) atoms. The molecule has 1 aliphatic heterocycles. The molecule has 0 saturated carbocycles. The number of anilines is 1. The van der Waals surface area contributed by atoms with Crippen LogP contribution in [0.5, 0.6) is 5.75 Å². The Morgan fingerprint density at radius 2 is 1.94 bits per heavy atom. The summed E-state index contributed by atoms with van der Waals surface area (Å²) in [5.74, 6) is 0.123. The highest BCUT2D eigenvalue weighted by atomic mass is 16.5. The van der Waals surface area contributed by atoms with E-state index in [-0.39, 0.29) is 0 Å². The average molecular weight is 249 g/mol. The van der Waals surface area contributed by atoms with Gasteiger partial charge in [-0.1, -0.05) is 6.07 Å². The molecule has 1 fully saturated rings. The van der Waals surface area contributed by atoms with Crippen LogP contribution in [-0.4, -0.2) is 51.1 Å². The van der Waals surface area contributed by atoms with E-state index in [4.69, 9.17) is 10.5 Å². The van der Waals surface area contributed by atoms with Gasteiger partial charge in [-0.2, -0.15) is 0 Å². The molecule has 0 aromatic heterocycles. The number of benzene rings is 1. The fourth-order valence-corrected chi connectivity index (χ4v) is 2.23. The summed E-state index contributed by atoms with van der Waals surface area (Å²) in [4.78, 5) is 15.9. The van der Waals surface area contributed by atoms with Crippen molar-refractivity contribution in [2.24, 2.45) is 5.73 Å². The Labute approximate surface area is 107 Å². The summed E-state index contributed by atoms with van der Waals surface area (Å²) in [6.45, 7) is 3.86. The zero-order valence-corrected chi connectivity index (χ0v) is 10.8. The van der Waals surface area contributed by atoms with E-state index in [9.17, 15) is 4.79 Å². The van der Waals surface area contributed by atoms with Crippen LogP contribution in [0.3, 0.4) is 0 Å². The lowest BCUT2D eigenvalue weighted by Gasteiger charge is -2.35. The van der Waals surface area contributed by atoms with Gasteiger partial charge in [-0.05, 0) is 19.2 Å². The van der Waals surface area contributed by atoms with E-state index in [0.29, 0.717) is 11.3 Å². The van der Waals surface area contributed by atoms with Crippen LogP contribution in [0.15, 0.2) is 18.2 Å². The highest BCUT2D eigenvalue weighted by Gasteiger charge is 2.20. The summed E-state index contributed by atoms with van der Waals surface area (Å²) in [6.07, 6.45) is 0. The normalized spacial score (nSPS) is 16.7. The molecule has 0 unspecified atom stereocenters. The summed E-state index contributed by atoms with van der Waals surface area (Å²) >= 11 is 0. The van der Waals surface area contributed by atoms with Gasteiger partial charge in [0.25, 0.3) is 5.91 Å². The lowest BCUT2D eigenvalue weighted by molar-refractivity contribution is 0.0997. The molecule has 1 amide bonds. The quantitative estimate of drug-likeness (QED) is 0.849. The molecule has 1 aromatic rings. The van der Waals surface area contributed by atoms with Crippen molar-refractivity contribution in [1.29, 1.82) is 0 Å². The topological polar surface area (TPSA) is 58.8 Å². The van der Waals surface area contributed by atoms with Gasteiger partial charge in [0.1, 0.15) is 0 Å². The Balaban J connectivity index is 2.32. The van der Waals surface area contributed by atoms with Crippen LogP contribution in [0.4, 0.5) is 5.69 Å². The second kappa shape index (κ2) is 5.27. The molecule has 1 heterocycles. The average Bonchev–Trinajstić information content (AvgIpc) is 2.38. The molecule has 98 valence electrons. The molecule has 0 atom stereocenters. The van der Waals surface area contributed by atoms with Gasteiger partial charge >= 0.3 is 0 Å². The summed E-state index contributed by atoms with van der Waals surface area (Å²) < 4.78 is 5.36. The minimum absolute atomic E-state index is 0.439. The number of ether oxygens (including phenoxy) is 1. The van der Waals surface area contributed by atoms with Crippen LogP contribution in [0.1, 0.15) is 10.4 Å². The third-order valence-electron chi connectivity index (χ3n) is 3.31. The maximum atomic E-state index is 11.4. The van der Waals surface area contributed by atoms with Gasteiger partial charge < -0.3 is 20.3 Å². The standard InChI is InChI=1S/C13H19N3O2/c1-15-6-8-16(9-7-15)11-5-3-4-10(13(14)17)12(11)18-2/h3-5H,6-9H2,1-2H3,(H2,14,17). The number of hydrogen-bond donors (Lipinski definition) is 1. The van der Waals surface area contributed by atoms with Gasteiger partial charge in [0.2, 0.25) is 0 Å². The van der Waals surface area contributed by atoms with Crippen molar-refractivity contribution in [2.75, 3.05) is 45.2 Å². The van der Waals surface area contributed by atoms with Crippen molar-refractivity contribution < 1.29 is 9.53 Å². The highest BCUT2D eigenvalue weighted by Crippen LogP contribution is 2.32. The molecule has 1 aromatic carbocycles. The van der Waals surface area contributed by atoms with Gasteiger partial charge in [0.05, 0.1) is 18.4 Å². The first-order valence-corrected chi connectivity index (χ1v) is 6.03. The van der Waals surface area contributed by atoms with E-state index >= 15 is 0 Å². The lowest BCUT2D eigenvalue weighted by Crippen LogP contribution is -2.44. The van der Waals surface area contributed by atoms with Gasteiger partial charge in [-0.25, -0.2) is 0 Å². The molecule has 0 bridgehead atoms. The second-order valence-corrected chi connectivity index (χ2v) is 4.51. The van der Waals surface area contributed by atoms with Gasteiger partial charge in [0.15, 0.2) is 5.75 Å². The Hall–Kier alpha value is -1.75. The minimum Gasteiger partial charge on any atom is -0.494 e. The van der Waals surface area contributed by atoms with Crippen molar-refractivity contribution >= 4 is 11.6 Å². The summed E-state index contributed by atoms with van der Waals surface area (Å²) in [7, 11) is 3.68. The van der Waals surface area contributed by atoms with E-state index < -0.39 is 5.91 Å². The summed E-state index contributed by atoms with van der Waals surface area (Å²) in [6, 6.07) is 5.51. The molecule has 2 rings (SSSR count). The molecule has 1 saturated heterocycles. The Kier molecular flexibility index (Phi) is 3.72. The Morgan fingerprint density at radius 1 is 1.28 bits per heavy atom. The Bertz CT molecular complexity index is 440. The smallest absolute Gasteiger partial charge is 0.252 e. The van der Waals surface area contributed by atoms with Crippen molar-refractivity contribution in [1.82, 2.24) is 4.90 Å².